The molecule has 14 heavy (non-hydrogen) atoms. The molecule has 0 aliphatic carbocycles. The molecule has 0 aliphatic rings. The van der Waals surface area contributed by atoms with E-state index in [1.807, 2.05) is 12.1 Å². The van der Waals surface area contributed by atoms with Crippen LogP contribution in [0.2, 0.25) is 0 Å². The predicted octanol–water partition coefficient (Wildman–Crippen LogP) is 3.01. The van der Waals surface area contributed by atoms with Crippen LogP contribution in [0.3, 0.4) is 0 Å². The molecular weight excluding hydrogens is 174 g/mol. The first-order chi connectivity index (χ1) is 6.79. The van der Waals surface area contributed by atoms with Gasteiger partial charge in [-0.15, -0.1) is 0 Å². The van der Waals surface area contributed by atoms with E-state index in [0.29, 0.717) is 0 Å². The molecule has 0 radical (unpaired) electrons. The number of methoxy groups -OCH3 is 1. The number of para-hydroxylation sites is 1. The second-order valence-corrected chi connectivity index (χ2v) is 3.49. The minimum Gasteiger partial charge on any atom is -0.495 e. The Bertz CT molecular complexity index is 284. The lowest BCUT2D eigenvalue weighted by atomic mass is 10.1. The molecule has 0 saturated carbocycles. The van der Waals surface area contributed by atoms with Crippen molar-refractivity contribution < 1.29 is 4.74 Å². The Morgan fingerprint density at radius 3 is 2.71 bits per heavy atom. The van der Waals surface area contributed by atoms with Crippen molar-refractivity contribution in [3.05, 3.63) is 23.8 Å². The Labute approximate surface area is 86.1 Å². The summed E-state index contributed by atoms with van der Waals surface area (Å²) in [5, 5.41) is 0. The highest BCUT2D eigenvalue weighted by molar-refractivity contribution is 5.58. The Morgan fingerprint density at radius 1 is 1.29 bits per heavy atom. The predicted molar refractivity (Wildman–Crippen MR) is 60.6 cm³/mol. The highest BCUT2D eigenvalue weighted by Crippen LogP contribution is 2.25. The van der Waals surface area contributed by atoms with Crippen LogP contribution in [-0.4, -0.2) is 7.11 Å². The van der Waals surface area contributed by atoms with Gasteiger partial charge >= 0.3 is 0 Å². The van der Waals surface area contributed by atoms with E-state index in [-0.39, 0.29) is 0 Å². The van der Waals surface area contributed by atoms with Crippen molar-refractivity contribution in [3.8, 4) is 5.75 Å². The maximum Gasteiger partial charge on any atom is 0.142 e. The van der Waals surface area contributed by atoms with E-state index in [0.717, 1.165) is 17.9 Å². The van der Waals surface area contributed by atoms with E-state index >= 15 is 0 Å². The van der Waals surface area contributed by atoms with Crippen LogP contribution < -0.4 is 10.5 Å². The molecule has 0 fully saturated rings. The van der Waals surface area contributed by atoms with Gasteiger partial charge in [-0.25, -0.2) is 0 Å². The van der Waals surface area contributed by atoms with E-state index in [9.17, 15) is 0 Å². The molecule has 0 amide bonds. The van der Waals surface area contributed by atoms with Crippen LogP contribution in [0.5, 0.6) is 5.75 Å². The summed E-state index contributed by atoms with van der Waals surface area (Å²) in [4.78, 5) is 0. The smallest absolute Gasteiger partial charge is 0.142 e. The van der Waals surface area contributed by atoms with Crippen molar-refractivity contribution in [2.75, 3.05) is 12.8 Å². The van der Waals surface area contributed by atoms with Crippen molar-refractivity contribution in [3.63, 3.8) is 0 Å². The standard InChI is InChI=1S/C12H19NO/c1-3-4-5-7-10-8-6-9-11(14-2)12(10)13/h6,8-9H,3-5,7,13H2,1-2H3. The van der Waals surface area contributed by atoms with E-state index in [1.165, 1.54) is 24.8 Å². The number of hydrogen-bond acceptors (Lipinski definition) is 2. The molecular formula is C12H19NO. The van der Waals surface area contributed by atoms with Crippen molar-refractivity contribution >= 4 is 5.69 Å². The molecule has 0 unspecified atom stereocenters. The van der Waals surface area contributed by atoms with Gasteiger partial charge in [0.05, 0.1) is 12.8 Å². The van der Waals surface area contributed by atoms with E-state index in [4.69, 9.17) is 10.5 Å². The first-order valence-corrected chi connectivity index (χ1v) is 5.21. The summed E-state index contributed by atoms with van der Waals surface area (Å²) < 4.78 is 5.17. The maximum atomic E-state index is 5.95. The fourth-order valence-electron chi connectivity index (χ4n) is 1.55. The highest BCUT2D eigenvalue weighted by Gasteiger charge is 2.03. The number of nitrogens with two attached hydrogens (primary N) is 1. The van der Waals surface area contributed by atoms with Crippen LogP contribution in [0.25, 0.3) is 0 Å². The summed E-state index contributed by atoms with van der Waals surface area (Å²) in [6.07, 6.45) is 4.76. The summed E-state index contributed by atoms with van der Waals surface area (Å²) in [6.45, 7) is 2.20. The number of benzene rings is 1. The molecule has 2 N–H and O–H groups in total. The summed E-state index contributed by atoms with van der Waals surface area (Å²) in [6, 6.07) is 5.97. The third-order valence-corrected chi connectivity index (χ3v) is 2.43. The quantitative estimate of drug-likeness (QED) is 0.576. The van der Waals surface area contributed by atoms with Gasteiger partial charge in [-0.2, -0.15) is 0 Å². The Kier molecular flexibility index (Phi) is 4.30. The van der Waals surface area contributed by atoms with Crippen LogP contribution in [0.4, 0.5) is 5.69 Å². The topological polar surface area (TPSA) is 35.2 Å². The number of anilines is 1. The number of unbranched alkanes of at least 4 members (excludes halogenated alkanes) is 2. The SMILES string of the molecule is CCCCCc1cccc(OC)c1N. The third kappa shape index (κ3) is 2.66. The molecule has 0 heterocycles. The summed E-state index contributed by atoms with van der Waals surface area (Å²) in [5.74, 6) is 0.791. The molecule has 0 bridgehead atoms. The van der Waals surface area contributed by atoms with Crippen molar-refractivity contribution in [2.45, 2.75) is 32.6 Å². The van der Waals surface area contributed by atoms with E-state index < -0.39 is 0 Å². The maximum absolute atomic E-state index is 5.95. The minimum absolute atomic E-state index is 0.791. The van der Waals surface area contributed by atoms with Gasteiger partial charge in [-0.05, 0) is 24.5 Å². The third-order valence-electron chi connectivity index (χ3n) is 2.43. The van der Waals surface area contributed by atoms with E-state index in [1.54, 1.807) is 7.11 Å². The lowest BCUT2D eigenvalue weighted by molar-refractivity contribution is 0.416. The molecule has 1 aromatic rings. The second-order valence-electron chi connectivity index (χ2n) is 3.49. The molecule has 0 spiro atoms. The fraction of sp³-hybridized carbons (Fsp3) is 0.500. The zero-order valence-corrected chi connectivity index (χ0v) is 9.05. The summed E-state index contributed by atoms with van der Waals surface area (Å²) in [5.41, 5.74) is 7.95. The summed E-state index contributed by atoms with van der Waals surface area (Å²) >= 11 is 0. The zero-order chi connectivity index (χ0) is 10.4. The summed E-state index contributed by atoms with van der Waals surface area (Å²) in [7, 11) is 1.65. The van der Waals surface area contributed by atoms with Crippen LogP contribution in [-0.2, 0) is 6.42 Å². The highest BCUT2D eigenvalue weighted by atomic mass is 16.5. The molecule has 78 valence electrons. The minimum atomic E-state index is 0.791. The van der Waals surface area contributed by atoms with Crippen molar-refractivity contribution in [1.82, 2.24) is 0 Å². The first-order valence-electron chi connectivity index (χ1n) is 5.21. The van der Waals surface area contributed by atoms with Crippen LogP contribution in [0.1, 0.15) is 31.7 Å². The lowest BCUT2D eigenvalue weighted by Crippen LogP contribution is -1.98. The van der Waals surface area contributed by atoms with Crippen molar-refractivity contribution in [2.24, 2.45) is 0 Å². The average Bonchev–Trinajstić information content (AvgIpc) is 2.21. The monoisotopic (exact) mass is 193 g/mol. The van der Waals surface area contributed by atoms with Crippen LogP contribution in [0, 0.1) is 0 Å². The van der Waals surface area contributed by atoms with Gasteiger partial charge in [0.25, 0.3) is 0 Å². The molecule has 2 nitrogen and oxygen atoms in total. The van der Waals surface area contributed by atoms with Gasteiger partial charge in [0.1, 0.15) is 5.75 Å². The van der Waals surface area contributed by atoms with E-state index in [2.05, 4.69) is 13.0 Å². The second kappa shape index (κ2) is 5.53. The Morgan fingerprint density at radius 2 is 2.07 bits per heavy atom. The normalized spacial score (nSPS) is 10.1. The van der Waals surface area contributed by atoms with Gasteiger partial charge in [0.15, 0.2) is 0 Å². The largest absolute Gasteiger partial charge is 0.495 e. The number of nitrogen functional groups attached to an aromatic ring is 1. The Hall–Kier alpha value is -1.18. The number of hydrogen-bond donors (Lipinski definition) is 1. The average molecular weight is 193 g/mol. The van der Waals surface area contributed by atoms with Gasteiger partial charge in [0, 0.05) is 0 Å². The first kappa shape index (κ1) is 10.9. The van der Waals surface area contributed by atoms with Gasteiger partial charge in [0.2, 0.25) is 0 Å². The van der Waals surface area contributed by atoms with Gasteiger partial charge < -0.3 is 10.5 Å². The van der Waals surface area contributed by atoms with Gasteiger partial charge in [-0.1, -0.05) is 31.9 Å². The number of aryl methyl sites for hydroxylation is 1. The molecule has 1 rings (SSSR count). The Balaban J connectivity index is 2.66. The zero-order valence-electron chi connectivity index (χ0n) is 9.05. The molecule has 0 aromatic heterocycles. The molecule has 0 atom stereocenters. The van der Waals surface area contributed by atoms with Gasteiger partial charge in [-0.3, -0.25) is 0 Å². The number of rotatable bonds is 5. The lowest BCUT2D eigenvalue weighted by Gasteiger charge is -2.09. The molecule has 0 aliphatic heterocycles. The van der Waals surface area contributed by atoms with Crippen molar-refractivity contribution in [1.29, 1.82) is 0 Å². The molecule has 1 aromatic carbocycles. The van der Waals surface area contributed by atoms with Crippen LogP contribution in [0.15, 0.2) is 18.2 Å². The number of ether oxygens (including phenoxy) is 1. The fourth-order valence-corrected chi connectivity index (χ4v) is 1.55. The molecule has 0 saturated heterocycles. The van der Waals surface area contributed by atoms with Crippen LogP contribution >= 0.6 is 0 Å². The molecule has 2 heteroatoms.